The molecule has 0 N–H and O–H groups in total. The van der Waals surface area contributed by atoms with Crippen LogP contribution in [0.5, 0.6) is 0 Å². The van der Waals surface area contributed by atoms with Crippen LogP contribution < -0.4 is 0 Å². The van der Waals surface area contributed by atoms with E-state index in [2.05, 4.69) is 6.57 Å². The Labute approximate surface area is 84.5 Å². The monoisotopic (exact) mass is 171 g/mol. The maximum atomic E-state index is 6.50. The number of rotatable bonds is 0. The van der Waals surface area contributed by atoms with Gasteiger partial charge in [0.1, 0.15) is 0 Å². The molecule has 0 aliphatic rings. The molecular formula is CH2NNiRb. The molecule has 0 radical (unpaired) electrons. The van der Waals surface area contributed by atoms with Crippen molar-refractivity contribution in [1.29, 1.82) is 5.26 Å². The molecule has 0 aliphatic heterocycles. The third-order valence-corrected chi connectivity index (χ3v) is 0. The molecule has 0 atom stereocenters. The average molecular weight is 172 g/mol. The van der Waals surface area contributed by atoms with Gasteiger partial charge in [-0.3, -0.25) is 0 Å². The van der Waals surface area contributed by atoms with E-state index in [0.717, 1.165) is 0 Å². The van der Waals surface area contributed by atoms with Gasteiger partial charge in [0.25, 0.3) is 0 Å². The summed E-state index contributed by atoms with van der Waals surface area (Å²) in [6.07, 6.45) is 0. The fourth-order valence-corrected chi connectivity index (χ4v) is 0. The third-order valence-electron chi connectivity index (χ3n) is 0. The fourth-order valence-electron chi connectivity index (χ4n) is 0. The Morgan fingerprint density at radius 2 is 1.25 bits per heavy atom. The van der Waals surface area contributed by atoms with E-state index in [0.29, 0.717) is 0 Å². The molecule has 0 saturated carbocycles. The van der Waals surface area contributed by atoms with Gasteiger partial charge in [0.05, 0.1) is 0 Å². The van der Waals surface area contributed by atoms with E-state index >= 15 is 0 Å². The van der Waals surface area contributed by atoms with E-state index in [1.54, 1.807) is 0 Å². The second kappa shape index (κ2) is 21.5. The van der Waals surface area contributed by atoms with Crippen molar-refractivity contribution in [2.24, 2.45) is 0 Å². The zero-order valence-corrected chi connectivity index (χ0v) is 2.33. The molecule has 0 unspecified atom stereocenters. The van der Waals surface area contributed by atoms with Crippen LogP contribution in [0.1, 0.15) is 0 Å². The standard InChI is InChI=1S/CHN.Ni.Rb.H/c1-2;;;/h1H;;;. The van der Waals surface area contributed by atoms with Crippen molar-refractivity contribution in [3.8, 4) is 6.57 Å². The van der Waals surface area contributed by atoms with Crippen LogP contribution in [-0.2, 0) is 16.5 Å². The van der Waals surface area contributed by atoms with Crippen LogP contribution in [0, 0.1) is 11.8 Å². The van der Waals surface area contributed by atoms with Gasteiger partial charge in [-0.1, -0.05) is 0 Å². The van der Waals surface area contributed by atoms with E-state index in [-0.39, 0.29) is 74.7 Å². The second-order valence-corrected chi connectivity index (χ2v) is 0. The van der Waals surface area contributed by atoms with Gasteiger partial charge >= 0.3 is 58.2 Å². The quantitative estimate of drug-likeness (QED) is 0.451. The topological polar surface area (TPSA) is 23.8 Å². The zero-order chi connectivity index (χ0) is 2.00. The molecule has 0 bridgehead atoms. The van der Waals surface area contributed by atoms with E-state index in [9.17, 15) is 0 Å². The summed E-state index contributed by atoms with van der Waals surface area (Å²) in [5, 5.41) is 6.50. The molecule has 22 valence electrons. The maximum absolute atomic E-state index is 6.50. The molecular weight excluding hydrogens is 170 g/mol. The Morgan fingerprint density at radius 3 is 1.25 bits per heavy atom. The molecule has 0 rings (SSSR count). The SMILES string of the molecule is C#N.[Ni].[RbH]. The van der Waals surface area contributed by atoms with E-state index in [4.69, 9.17) is 5.26 Å². The summed E-state index contributed by atoms with van der Waals surface area (Å²) < 4.78 is 0. The summed E-state index contributed by atoms with van der Waals surface area (Å²) in [5.41, 5.74) is 0. The summed E-state index contributed by atoms with van der Waals surface area (Å²) in [7, 11) is 0. The van der Waals surface area contributed by atoms with E-state index in [1.807, 2.05) is 0 Å². The van der Waals surface area contributed by atoms with Gasteiger partial charge in [0.15, 0.2) is 0 Å². The Bertz CT molecular complexity index is 12.8. The van der Waals surface area contributed by atoms with Crippen molar-refractivity contribution in [1.82, 2.24) is 0 Å². The first-order valence-electron chi connectivity index (χ1n) is 0.258. The number of nitriles is 1. The molecule has 4 heavy (non-hydrogen) atoms. The first kappa shape index (κ1) is 17.1. The second-order valence-electron chi connectivity index (χ2n) is 0. The minimum absolute atomic E-state index is 0. The molecule has 3 heteroatoms. The summed E-state index contributed by atoms with van der Waals surface area (Å²) in [4.78, 5) is 0. The van der Waals surface area contributed by atoms with Crippen molar-refractivity contribution in [2.75, 3.05) is 0 Å². The van der Waals surface area contributed by atoms with Crippen LogP contribution in [0.4, 0.5) is 0 Å². The minimum atomic E-state index is 0. The van der Waals surface area contributed by atoms with Gasteiger partial charge in [-0.25, -0.2) is 5.26 Å². The first-order valence-corrected chi connectivity index (χ1v) is 0.258. The van der Waals surface area contributed by atoms with Crippen LogP contribution in [0.15, 0.2) is 0 Å². The van der Waals surface area contributed by atoms with E-state index < -0.39 is 0 Å². The fraction of sp³-hybridized carbons (Fsp3) is 0. The van der Waals surface area contributed by atoms with Gasteiger partial charge in [-0.05, 0) is 0 Å². The molecule has 0 aliphatic carbocycles. The van der Waals surface area contributed by atoms with Crippen LogP contribution in [-0.4, -0.2) is 58.2 Å². The summed E-state index contributed by atoms with van der Waals surface area (Å²) in [6, 6.07) is 0. The van der Waals surface area contributed by atoms with Crippen molar-refractivity contribution >= 4 is 58.2 Å². The number of hydrogen-bond donors (Lipinski definition) is 0. The summed E-state index contributed by atoms with van der Waals surface area (Å²) in [6.45, 7) is 3.50. The summed E-state index contributed by atoms with van der Waals surface area (Å²) in [5.74, 6) is 0. The molecule has 0 amide bonds. The van der Waals surface area contributed by atoms with Gasteiger partial charge < -0.3 is 0 Å². The normalized spacial score (nSPS) is 0.500. The zero-order valence-electron chi connectivity index (χ0n) is 1.34. The molecule has 0 aromatic carbocycles. The van der Waals surface area contributed by atoms with Crippen LogP contribution in [0.2, 0.25) is 0 Å². The Hall–Kier alpha value is 1.79. The van der Waals surface area contributed by atoms with Crippen LogP contribution in [0.3, 0.4) is 0 Å². The number of nitrogens with zero attached hydrogens (tertiary/aromatic N) is 1. The Kier molecular flexibility index (Phi) is 91.7. The first-order chi connectivity index (χ1) is 1.00. The average Bonchev–Trinajstić information content (AvgIpc) is 1.00. The number of hydrogen-bond acceptors (Lipinski definition) is 1. The van der Waals surface area contributed by atoms with Gasteiger partial charge in [0.2, 0.25) is 0 Å². The van der Waals surface area contributed by atoms with Crippen molar-refractivity contribution in [2.45, 2.75) is 0 Å². The molecule has 0 aromatic heterocycles. The summed E-state index contributed by atoms with van der Waals surface area (Å²) >= 11 is 0. The molecule has 0 fully saturated rings. The van der Waals surface area contributed by atoms with Gasteiger partial charge in [-0.2, -0.15) is 0 Å². The molecule has 0 heterocycles. The third kappa shape index (κ3) is 9.21. The van der Waals surface area contributed by atoms with E-state index in [1.165, 1.54) is 0 Å². The predicted molar refractivity (Wildman–Crippen MR) is 13.8 cm³/mol. The Morgan fingerprint density at radius 1 is 1.25 bits per heavy atom. The van der Waals surface area contributed by atoms with Crippen LogP contribution in [0.25, 0.3) is 0 Å². The Balaban J connectivity index is -0.00000000500. The predicted octanol–water partition coefficient (Wildman–Crippen LogP) is -0.511. The van der Waals surface area contributed by atoms with Gasteiger partial charge in [-0.15, -0.1) is 0 Å². The molecule has 1 nitrogen and oxygen atoms in total. The molecule has 0 aromatic rings. The van der Waals surface area contributed by atoms with Crippen molar-refractivity contribution in [3.05, 3.63) is 0 Å². The van der Waals surface area contributed by atoms with Crippen LogP contribution >= 0.6 is 0 Å². The molecule has 0 saturated heterocycles. The molecule has 0 spiro atoms. The van der Waals surface area contributed by atoms with Crippen molar-refractivity contribution in [3.63, 3.8) is 0 Å². The van der Waals surface area contributed by atoms with Gasteiger partial charge in [0, 0.05) is 23.1 Å². The van der Waals surface area contributed by atoms with Crippen molar-refractivity contribution < 1.29 is 16.5 Å².